The number of aromatic carboxylic acids is 1. The number of carboxylic acids is 1. The maximum Gasteiger partial charge on any atom is 0.358 e. The molecule has 2 N–H and O–H groups in total. The number of hydrogen-bond acceptors (Lipinski definition) is 6. The molecule has 0 aromatic carbocycles. The van der Waals surface area contributed by atoms with Gasteiger partial charge < -0.3 is 9.52 Å². The number of hydrogen-bond donors (Lipinski definition) is 2. The van der Waals surface area contributed by atoms with Gasteiger partial charge in [0.2, 0.25) is 5.91 Å². The van der Waals surface area contributed by atoms with Crippen molar-refractivity contribution >= 4 is 17.8 Å². The van der Waals surface area contributed by atoms with Crippen LogP contribution in [-0.4, -0.2) is 37.9 Å². The SMILES string of the molecule is CCc1c(C(=O)O)nnn1CC(=O)NC(=O)c1ccco1. The highest BCUT2D eigenvalue weighted by molar-refractivity contribution is 6.03. The van der Waals surface area contributed by atoms with Crippen LogP contribution in [0.1, 0.15) is 33.7 Å². The number of carboxylic acid groups (broad SMARTS) is 1. The van der Waals surface area contributed by atoms with Crippen molar-refractivity contribution in [2.75, 3.05) is 0 Å². The minimum absolute atomic E-state index is 0.00359. The van der Waals surface area contributed by atoms with E-state index in [-0.39, 0.29) is 18.0 Å². The fraction of sp³-hybridized carbons (Fsp3) is 0.250. The van der Waals surface area contributed by atoms with Crippen LogP contribution in [0.4, 0.5) is 0 Å². The van der Waals surface area contributed by atoms with Crippen molar-refractivity contribution in [3.05, 3.63) is 35.5 Å². The number of carbonyl (C=O) groups is 3. The third-order valence-electron chi connectivity index (χ3n) is 2.67. The van der Waals surface area contributed by atoms with Crippen molar-refractivity contribution < 1.29 is 23.9 Å². The lowest BCUT2D eigenvalue weighted by atomic mass is 10.2. The Bertz CT molecular complexity index is 674. The number of amides is 2. The van der Waals surface area contributed by atoms with Crippen molar-refractivity contribution in [2.24, 2.45) is 0 Å². The van der Waals surface area contributed by atoms with Crippen molar-refractivity contribution in [2.45, 2.75) is 19.9 Å². The number of carbonyl (C=O) groups excluding carboxylic acids is 2. The van der Waals surface area contributed by atoms with Gasteiger partial charge in [-0.15, -0.1) is 5.10 Å². The molecule has 2 aromatic rings. The molecule has 0 saturated heterocycles. The van der Waals surface area contributed by atoms with E-state index >= 15 is 0 Å². The number of nitrogens with zero attached hydrogens (tertiary/aromatic N) is 3. The average molecular weight is 292 g/mol. The van der Waals surface area contributed by atoms with Crippen molar-refractivity contribution in [1.82, 2.24) is 20.3 Å². The standard InChI is InChI=1S/C12H12N4O5/c1-2-7-10(12(19)20)14-15-16(7)6-9(17)13-11(18)8-4-3-5-21-8/h3-5H,2,6H2,1H3,(H,19,20)(H,13,17,18). The molecule has 0 bridgehead atoms. The van der Waals surface area contributed by atoms with E-state index in [1.54, 1.807) is 6.92 Å². The first-order valence-electron chi connectivity index (χ1n) is 6.06. The second-order valence-electron chi connectivity index (χ2n) is 4.06. The molecule has 0 aliphatic carbocycles. The maximum absolute atomic E-state index is 11.8. The van der Waals surface area contributed by atoms with Crippen molar-refractivity contribution in [3.8, 4) is 0 Å². The predicted octanol–water partition coefficient (Wildman–Crippen LogP) is 0.0883. The van der Waals surface area contributed by atoms with Gasteiger partial charge in [-0.05, 0) is 18.6 Å². The van der Waals surface area contributed by atoms with Gasteiger partial charge in [-0.1, -0.05) is 12.1 Å². The average Bonchev–Trinajstić information content (AvgIpc) is 3.07. The Morgan fingerprint density at radius 1 is 1.43 bits per heavy atom. The molecule has 9 nitrogen and oxygen atoms in total. The molecule has 0 unspecified atom stereocenters. The Kier molecular flexibility index (Phi) is 4.12. The first-order valence-corrected chi connectivity index (χ1v) is 6.06. The normalized spacial score (nSPS) is 10.3. The molecule has 0 aliphatic rings. The van der Waals surface area contributed by atoms with Crippen LogP contribution in [-0.2, 0) is 17.8 Å². The molecule has 21 heavy (non-hydrogen) atoms. The van der Waals surface area contributed by atoms with Crippen molar-refractivity contribution in [3.63, 3.8) is 0 Å². The molecule has 9 heteroatoms. The van der Waals surface area contributed by atoms with Gasteiger partial charge in [0.1, 0.15) is 6.54 Å². The predicted molar refractivity (Wildman–Crippen MR) is 67.5 cm³/mol. The van der Waals surface area contributed by atoms with Crippen LogP contribution in [0.2, 0.25) is 0 Å². The zero-order valence-corrected chi connectivity index (χ0v) is 11.1. The van der Waals surface area contributed by atoms with Crippen LogP contribution in [0, 0.1) is 0 Å². The Morgan fingerprint density at radius 3 is 2.76 bits per heavy atom. The Hall–Kier alpha value is -2.97. The minimum atomic E-state index is -1.22. The highest BCUT2D eigenvalue weighted by atomic mass is 16.4. The van der Waals surface area contributed by atoms with E-state index in [2.05, 4.69) is 15.6 Å². The first-order chi connectivity index (χ1) is 10.0. The van der Waals surface area contributed by atoms with Crippen LogP contribution in [0.5, 0.6) is 0 Å². The topological polar surface area (TPSA) is 127 Å². The lowest BCUT2D eigenvalue weighted by Crippen LogP contribution is -2.33. The second kappa shape index (κ2) is 5.99. The van der Waals surface area contributed by atoms with Gasteiger partial charge in [0.25, 0.3) is 5.91 Å². The number of rotatable bonds is 5. The molecular weight excluding hydrogens is 280 g/mol. The van der Waals surface area contributed by atoms with E-state index in [1.165, 1.54) is 18.4 Å². The van der Waals surface area contributed by atoms with Gasteiger partial charge in [0, 0.05) is 0 Å². The van der Waals surface area contributed by atoms with Crippen LogP contribution < -0.4 is 5.32 Å². The van der Waals surface area contributed by atoms with E-state index in [0.29, 0.717) is 12.1 Å². The highest BCUT2D eigenvalue weighted by Gasteiger charge is 2.20. The van der Waals surface area contributed by atoms with E-state index in [1.807, 2.05) is 0 Å². The van der Waals surface area contributed by atoms with Gasteiger partial charge >= 0.3 is 5.97 Å². The number of furan rings is 1. The van der Waals surface area contributed by atoms with Gasteiger partial charge in [0.05, 0.1) is 12.0 Å². The summed E-state index contributed by atoms with van der Waals surface area (Å²) in [4.78, 5) is 34.3. The molecule has 2 aromatic heterocycles. The summed E-state index contributed by atoms with van der Waals surface area (Å²) in [6.07, 6.45) is 1.65. The molecule has 110 valence electrons. The fourth-order valence-electron chi connectivity index (χ4n) is 1.75. The Balaban J connectivity index is 2.06. The highest BCUT2D eigenvalue weighted by Crippen LogP contribution is 2.06. The zero-order valence-electron chi connectivity index (χ0n) is 11.1. The molecule has 2 amide bonds. The molecular formula is C12H12N4O5. The quantitative estimate of drug-likeness (QED) is 0.799. The van der Waals surface area contributed by atoms with Gasteiger partial charge in [0.15, 0.2) is 11.5 Å². The molecule has 0 radical (unpaired) electrons. The van der Waals surface area contributed by atoms with Gasteiger partial charge in [-0.25, -0.2) is 9.48 Å². The Morgan fingerprint density at radius 2 is 2.19 bits per heavy atom. The fourth-order valence-corrected chi connectivity index (χ4v) is 1.75. The smallest absolute Gasteiger partial charge is 0.358 e. The summed E-state index contributed by atoms with van der Waals surface area (Å²) >= 11 is 0. The lowest BCUT2D eigenvalue weighted by Gasteiger charge is -2.05. The number of imide groups is 1. The number of nitrogens with one attached hydrogen (secondary N) is 1. The van der Waals surface area contributed by atoms with Crippen LogP contribution in [0.15, 0.2) is 22.8 Å². The van der Waals surface area contributed by atoms with E-state index < -0.39 is 17.8 Å². The molecule has 0 atom stereocenters. The molecule has 0 saturated carbocycles. The molecule has 0 spiro atoms. The summed E-state index contributed by atoms with van der Waals surface area (Å²) in [7, 11) is 0. The Labute approximate surface area is 118 Å². The second-order valence-corrected chi connectivity index (χ2v) is 4.06. The van der Waals surface area contributed by atoms with E-state index in [4.69, 9.17) is 9.52 Å². The molecule has 0 aliphatic heterocycles. The summed E-state index contributed by atoms with van der Waals surface area (Å²) in [5, 5.41) is 18.2. The summed E-state index contributed by atoms with van der Waals surface area (Å²) in [5.41, 5.74) is 0.103. The van der Waals surface area contributed by atoms with E-state index in [9.17, 15) is 14.4 Å². The molecule has 2 heterocycles. The first kappa shape index (κ1) is 14.4. The minimum Gasteiger partial charge on any atom is -0.476 e. The zero-order chi connectivity index (χ0) is 15.4. The summed E-state index contributed by atoms with van der Waals surface area (Å²) in [6.45, 7) is 1.41. The van der Waals surface area contributed by atoms with Crippen LogP contribution in [0.3, 0.4) is 0 Å². The largest absolute Gasteiger partial charge is 0.476 e. The lowest BCUT2D eigenvalue weighted by molar-refractivity contribution is -0.121. The summed E-state index contributed by atoms with van der Waals surface area (Å²) < 4.78 is 6.00. The molecule has 2 rings (SSSR count). The third-order valence-corrected chi connectivity index (χ3v) is 2.67. The third kappa shape index (κ3) is 3.14. The number of aromatic nitrogens is 3. The maximum atomic E-state index is 11.8. The van der Waals surface area contributed by atoms with Crippen molar-refractivity contribution in [1.29, 1.82) is 0 Å². The summed E-state index contributed by atoms with van der Waals surface area (Å²) in [6, 6.07) is 2.93. The molecule has 0 fully saturated rings. The monoisotopic (exact) mass is 292 g/mol. The summed E-state index contributed by atoms with van der Waals surface area (Å²) in [5.74, 6) is -2.54. The van der Waals surface area contributed by atoms with Crippen LogP contribution in [0.25, 0.3) is 0 Å². The van der Waals surface area contributed by atoms with Gasteiger partial charge in [-0.2, -0.15) is 0 Å². The van der Waals surface area contributed by atoms with Crippen LogP contribution >= 0.6 is 0 Å². The van der Waals surface area contributed by atoms with E-state index in [0.717, 1.165) is 4.68 Å². The van der Waals surface area contributed by atoms with Gasteiger partial charge in [-0.3, -0.25) is 14.9 Å².